The van der Waals surface area contributed by atoms with Crippen molar-refractivity contribution in [2.45, 2.75) is 31.0 Å². The molecule has 2 aliphatic heterocycles. The van der Waals surface area contributed by atoms with E-state index in [2.05, 4.69) is 57.1 Å². The molecule has 2 fully saturated rings. The number of aromatic nitrogens is 2. The van der Waals surface area contributed by atoms with Gasteiger partial charge in [-0.3, -0.25) is 4.90 Å². The topological polar surface area (TPSA) is 61.7 Å². The highest BCUT2D eigenvalue weighted by Crippen LogP contribution is 2.41. The van der Waals surface area contributed by atoms with Crippen LogP contribution in [0.2, 0.25) is 0 Å². The number of benzene rings is 1. The Morgan fingerprint density at radius 2 is 1.89 bits per heavy atom. The van der Waals surface area contributed by atoms with Crippen molar-refractivity contribution < 1.29 is 9.84 Å². The molecule has 3 heterocycles. The number of rotatable bonds is 4. The molecule has 0 saturated carbocycles. The third-order valence-electron chi connectivity index (χ3n) is 6.09. The van der Waals surface area contributed by atoms with Crippen LogP contribution in [0, 0.1) is 5.92 Å². The fraction of sp³-hybridized carbons (Fsp3) is 0.524. The molecule has 2 aromatic rings. The first-order chi connectivity index (χ1) is 13.2. The lowest BCUT2D eigenvalue weighted by Gasteiger charge is -2.29. The quantitative estimate of drug-likeness (QED) is 0.887. The summed E-state index contributed by atoms with van der Waals surface area (Å²) in [6.07, 6.45) is 4.18. The maximum atomic E-state index is 11.0. The Labute approximate surface area is 160 Å². The Hall–Kier alpha value is -2.02. The van der Waals surface area contributed by atoms with E-state index < -0.39 is 0 Å². The molecule has 1 aromatic carbocycles. The highest BCUT2D eigenvalue weighted by atomic mass is 16.5. The number of likely N-dealkylation sites (N-methyl/N-ethyl adjacent to an activating group) is 1. The van der Waals surface area contributed by atoms with Crippen LogP contribution in [-0.2, 0) is 6.54 Å². The van der Waals surface area contributed by atoms with Crippen LogP contribution in [0.5, 0.6) is 6.01 Å². The van der Waals surface area contributed by atoms with E-state index in [1.165, 1.54) is 5.56 Å². The molecule has 0 bridgehead atoms. The van der Waals surface area contributed by atoms with Gasteiger partial charge in [0.2, 0.25) is 0 Å². The van der Waals surface area contributed by atoms with Crippen molar-refractivity contribution in [3.63, 3.8) is 0 Å². The van der Waals surface area contributed by atoms with E-state index in [-0.39, 0.29) is 12.0 Å². The zero-order valence-corrected chi connectivity index (χ0v) is 16.0. The molecule has 4 rings (SSSR count). The Balaban J connectivity index is 1.51. The Morgan fingerprint density at radius 3 is 2.59 bits per heavy atom. The van der Waals surface area contributed by atoms with Gasteiger partial charge in [0, 0.05) is 62.0 Å². The van der Waals surface area contributed by atoms with Gasteiger partial charge >= 0.3 is 6.01 Å². The Bertz CT molecular complexity index is 740. The molecule has 6 nitrogen and oxygen atoms in total. The lowest BCUT2D eigenvalue weighted by atomic mass is 9.81. The van der Waals surface area contributed by atoms with Gasteiger partial charge in [-0.2, -0.15) is 0 Å². The molecular weight excluding hydrogens is 340 g/mol. The van der Waals surface area contributed by atoms with E-state index in [1.54, 1.807) is 7.11 Å². The van der Waals surface area contributed by atoms with Gasteiger partial charge in [-0.1, -0.05) is 30.3 Å². The zero-order chi connectivity index (χ0) is 18.8. The predicted octanol–water partition coefficient (Wildman–Crippen LogP) is 1.77. The molecular formula is C21H28N4O2. The first-order valence-electron chi connectivity index (χ1n) is 9.66. The summed E-state index contributed by atoms with van der Waals surface area (Å²) in [5.74, 6) is 0.662. The van der Waals surface area contributed by atoms with Gasteiger partial charge in [-0.25, -0.2) is 9.97 Å². The third kappa shape index (κ3) is 3.83. The molecule has 2 saturated heterocycles. The van der Waals surface area contributed by atoms with E-state index in [9.17, 15) is 5.11 Å². The van der Waals surface area contributed by atoms with E-state index in [0.717, 1.165) is 38.2 Å². The first kappa shape index (κ1) is 18.3. The summed E-state index contributed by atoms with van der Waals surface area (Å²) < 4.78 is 5.04. The summed E-state index contributed by atoms with van der Waals surface area (Å²) in [7, 11) is 3.76. The first-order valence-corrected chi connectivity index (χ1v) is 9.66. The van der Waals surface area contributed by atoms with Crippen molar-refractivity contribution in [1.82, 2.24) is 19.8 Å². The summed E-state index contributed by atoms with van der Waals surface area (Å²) >= 11 is 0. The molecule has 0 aliphatic carbocycles. The summed E-state index contributed by atoms with van der Waals surface area (Å²) in [5.41, 5.74) is 2.41. The fourth-order valence-electron chi connectivity index (χ4n) is 4.74. The molecule has 27 heavy (non-hydrogen) atoms. The predicted molar refractivity (Wildman–Crippen MR) is 104 cm³/mol. The average molecular weight is 368 g/mol. The van der Waals surface area contributed by atoms with Gasteiger partial charge in [-0.05, 0) is 19.0 Å². The molecule has 144 valence electrons. The van der Waals surface area contributed by atoms with Gasteiger partial charge < -0.3 is 14.7 Å². The Morgan fingerprint density at radius 1 is 1.15 bits per heavy atom. The summed E-state index contributed by atoms with van der Waals surface area (Å²) in [6.45, 7) is 3.63. The maximum absolute atomic E-state index is 11.0. The minimum Gasteiger partial charge on any atom is -0.467 e. The van der Waals surface area contributed by atoms with E-state index in [4.69, 9.17) is 4.74 Å². The number of hydrogen-bond donors (Lipinski definition) is 1. The molecule has 2 aliphatic rings. The van der Waals surface area contributed by atoms with Crippen molar-refractivity contribution in [2.75, 3.05) is 33.8 Å². The van der Waals surface area contributed by atoms with Gasteiger partial charge in [0.15, 0.2) is 0 Å². The fourth-order valence-corrected chi connectivity index (χ4v) is 4.74. The smallest absolute Gasteiger partial charge is 0.316 e. The second-order valence-electron chi connectivity index (χ2n) is 7.77. The number of hydrogen-bond acceptors (Lipinski definition) is 6. The molecule has 0 radical (unpaired) electrons. The highest BCUT2D eigenvalue weighted by Gasteiger charge is 2.46. The minimum absolute atomic E-state index is 0.273. The molecule has 1 N–H and O–H groups in total. The second-order valence-corrected chi connectivity index (χ2v) is 7.77. The molecule has 0 spiro atoms. The minimum atomic E-state index is -0.276. The maximum Gasteiger partial charge on any atom is 0.316 e. The van der Waals surface area contributed by atoms with Crippen LogP contribution in [0.3, 0.4) is 0 Å². The largest absolute Gasteiger partial charge is 0.467 e. The highest BCUT2D eigenvalue weighted by molar-refractivity contribution is 5.24. The average Bonchev–Trinajstić information content (AvgIpc) is 2.93. The number of likely N-dealkylation sites (tertiary alicyclic amines) is 2. The van der Waals surface area contributed by atoms with Crippen molar-refractivity contribution in [3.8, 4) is 6.01 Å². The zero-order valence-electron chi connectivity index (χ0n) is 16.0. The van der Waals surface area contributed by atoms with Crippen molar-refractivity contribution in [3.05, 3.63) is 53.9 Å². The van der Waals surface area contributed by atoms with Crippen molar-refractivity contribution in [1.29, 1.82) is 0 Å². The third-order valence-corrected chi connectivity index (χ3v) is 6.09. The molecule has 4 atom stereocenters. The van der Waals surface area contributed by atoms with E-state index in [0.29, 0.717) is 18.0 Å². The Kier molecular flexibility index (Phi) is 5.38. The standard InChI is InChI=1S/C21H28N4O2/c1-24-13-17(16-6-4-3-5-7-16)20-18(24)14-25(9-8-19(20)26)12-15-10-22-21(27-2)23-11-15/h3-7,10-11,17-20,26H,8-9,12-14H2,1-2H3/t17-,18+,19+,20-/m0/s1. The number of aliphatic hydroxyl groups is 1. The molecule has 1 aromatic heterocycles. The van der Waals surface area contributed by atoms with Crippen LogP contribution in [0.1, 0.15) is 23.5 Å². The summed E-state index contributed by atoms with van der Waals surface area (Å²) in [5, 5.41) is 11.0. The number of ether oxygens (including phenoxy) is 1. The number of methoxy groups -OCH3 is 1. The van der Waals surface area contributed by atoms with Crippen LogP contribution >= 0.6 is 0 Å². The van der Waals surface area contributed by atoms with E-state index in [1.807, 2.05) is 12.4 Å². The second kappa shape index (κ2) is 7.92. The monoisotopic (exact) mass is 368 g/mol. The van der Waals surface area contributed by atoms with Crippen LogP contribution in [0.4, 0.5) is 0 Å². The van der Waals surface area contributed by atoms with Crippen LogP contribution < -0.4 is 4.74 Å². The lowest BCUT2D eigenvalue weighted by Crippen LogP contribution is -2.41. The SMILES string of the molecule is COc1ncc(CN2CC[C@@H](O)[C@@H]3[C@@H](C2)N(C)C[C@H]3c2ccccc2)cn1. The van der Waals surface area contributed by atoms with Gasteiger partial charge in [0.25, 0.3) is 0 Å². The van der Waals surface area contributed by atoms with Gasteiger partial charge in [0.05, 0.1) is 13.2 Å². The van der Waals surface area contributed by atoms with Gasteiger partial charge in [-0.15, -0.1) is 0 Å². The number of aliphatic hydroxyl groups excluding tert-OH is 1. The molecule has 0 amide bonds. The van der Waals surface area contributed by atoms with Crippen molar-refractivity contribution in [2.24, 2.45) is 5.92 Å². The number of fused-ring (bicyclic) bond motifs is 1. The molecule has 6 heteroatoms. The molecule has 0 unspecified atom stereocenters. The van der Waals surface area contributed by atoms with Crippen LogP contribution in [0.15, 0.2) is 42.7 Å². The summed E-state index contributed by atoms with van der Waals surface area (Å²) in [4.78, 5) is 13.3. The van der Waals surface area contributed by atoms with Crippen molar-refractivity contribution >= 4 is 0 Å². The van der Waals surface area contributed by atoms with Gasteiger partial charge in [0.1, 0.15) is 0 Å². The van der Waals surface area contributed by atoms with E-state index >= 15 is 0 Å². The van der Waals surface area contributed by atoms with Crippen LogP contribution in [0.25, 0.3) is 0 Å². The summed E-state index contributed by atoms with van der Waals surface area (Å²) in [6, 6.07) is 11.4. The van der Waals surface area contributed by atoms with Crippen LogP contribution in [-0.4, -0.2) is 70.8 Å². The number of nitrogens with zero attached hydrogens (tertiary/aromatic N) is 4. The lowest BCUT2D eigenvalue weighted by molar-refractivity contribution is 0.0849. The normalized spacial score (nSPS) is 29.3.